The second kappa shape index (κ2) is 9.76. The van der Waals surface area contributed by atoms with Gasteiger partial charge in [-0.05, 0) is 24.6 Å². The topological polar surface area (TPSA) is 145 Å². The minimum Gasteiger partial charge on any atom is -0.495 e. The van der Waals surface area contributed by atoms with Crippen molar-refractivity contribution in [1.29, 1.82) is 0 Å². The van der Waals surface area contributed by atoms with Crippen LogP contribution in [-0.2, 0) is 24.3 Å². The Balaban J connectivity index is 1.58. The van der Waals surface area contributed by atoms with Crippen molar-refractivity contribution in [2.75, 3.05) is 12.4 Å². The molecular weight excluding hydrogens is 486 g/mol. The van der Waals surface area contributed by atoms with Crippen LogP contribution >= 0.6 is 11.6 Å². The number of ether oxygens (including phenoxy) is 1. The number of aromatic nitrogens is 7. The molecule has 184 valence electrons. The normalized spacial score (nSPS) is 11.2. The van der Waals surface area contributed by atoms with Gasteiger partial charge in [-0.2, -0.15) is 5.10 Å². The first-order valence-corrected chi connectivity index (χ1v) is 11.4. The second-order valence-electron chi connectivity index (χ2n) is 7.92. The second-order valence-corrected chi connectivity index (χ2v) is 8.33. The molecule has 0 radical (unpaired) electrons. The summed E-state index contributed by atoms with van der Waals surface area (Å²) in [5, 5.41) is 28.4. The van der Waals surface area contributed by atoms with E-state index in [4.69, 9.17) is 21.5 Å². The predicted octanol–water partition coefficient (Wildman–Crippen LogP) is 2.90. The Bertz CT molecular complexity index is 1580. The van der Waals surface area contributed by atoms with Crippen LogP contribution in [-0.4, -0.2) is 52.7 Å². The van der Waals surface area contributed by atoms with Crippen LogP contribution in [0.4, 0.5) is 5.82 Å². The van der Waals surface area contributed by atoms with Crippen LogP contribution < -0.4 is 15.5 Å². The zero-order valence-corrected chi connectivity index (χ0v) is 20.2. The molecule has 4 aromatic heterocycles. The molecule has 3 N–H and O–H groups in total. The average molecular weight is 508 g/mol. The molecule has 0 spiro atoms. The van der Waals surface area contributed by atoms with E-state index in [1.807, 2.05) is 29.8 Å². The molecule has 0 aliphatic heterocycles. The Labute approximate surface area is 209 Å². The molecule has 4 heterocycles. The quantitative estimate of drug-likeness (QED) is 0.213. The van der Waals surface area contributed by atoms with E-state index in [1.165, 1.54) is 6.33 Å². The van der Waals surface area contributed by atoms with Crippen LogP contribution in [0, 0.1) is 0 Å². The number of anilines is 1. The van der Waals surface area contributed by atoms with Gasteiger partial charge in [-0.15, -0.1) is 10.2 Å². The van der Waals surface area contributed by atoms with Gasteiger partial charge in [0.2, 0.25) is 5.91 Å². The zero-order chi connectivity index (χ0) is 25.2. The van der Waals surface area contributed by atoms with E-state index in [0.717, 1.165) is 27.4 Å². The van der Waals surface area contributed by atoms with Gasteiger partial charge in [0.05, 0.1) is 35.8 Å². The number of hydrogen-bond donors (Lipinski definition) is 3. The first-order valence-electron chi connectivity index (χ1n) is 11.1. The zero-order valence-electron chi connectivity index (χ0n) is 19.4. The number of amides is 1. The van der Waals surface area contributed by atoms with Crippen molar-refractivity contribution in [1.82, 2.24) is 40.0 Å². The van der Waals surface area contributed by atoms with Crippen molar-refractivity contribution in [3.05, 3.63) is 59.4 Å². The maximum absolute atomic E-state index is 11.5. The summed E-state index contributed by atoms with van der Waals surface area (Å²) in [6, 6.07) is 5.57. The standard InChI is InChI=1S/C23H22ClN9O3/c1-3-33-22-16(10-28-33)20-15(9-26-22)23(32-11-14(27-12-32)7-19(34)31-35)30-29-21(20)25-8-13-4-5-18(36-2)17(24)6-13/h4-6,9-12,35H,3,7-8H2,1-2H3,(H,25,29)(H,31,34). The fraction of sp³-hybridized carbons (Fsp3) is 0.217. The fourth-order valence-electron chi connectivity index (χ4n) is 3.98. The number of nitrogens with one attached hydrogen (secondary N) is 2. The highest BCUT2D eigenvalue weighted by Gasteiger charge is 2.18. The van der Waals surface area contributed by atoms with E-state index in [2.05, 4.69) is 30.6 Å². The summed E-state index contributed by atoms with van der Waals surface area (Å²) in [4.78, 5) is 20.4. The molecular formula is C23H22ClN9O3. The van der Waals surface area contributed by atoms with Gasteiger partial charge in [-0.25, -0.2) is 20.1 Å². The van der Waals surface area contributed by atoms with E-state index in [9.17, 15) is 4.79 Å². The predicted molar refractivity (Wildman–Crippen MR) is 132 cm³/mol. The molecule has 0 unspecified atom stereocenters. The summed E-state index contributed by atoms with van der Waals surface area (Å²) >= 11 is 6.29. The first kappa shape index (κ1) is 23.5. The van der Waals surface area contributed by atoms with Crippen molar-refractivity contribution in [2.24, 2.45) is 0 Å². The Morgan fingerprint density at radius 2 is 2.06 bits per heavy atom. The Hall–Kier alpha value is -4.29. The van der Waals surface area contributed by atoms with E-state index in [0.29, 0.717) is 41.2 Å². The number of aryl methyl sites for hydroxylation is 1. The van der Waals surface area contributed by atoms with Gasteiger partial charge in [-0.3, -0.25) is 14.6 Å². The molecule has 0 aliphatic carbocycles. The lowest BCUT2D eigenvalue weighted by Crippen LogP contribution is -2.20. The summed E-state index contributed by atoms with van der Waals surface area (Å²) in [6.07, 6.45) is 6.61. The molecule has 5 rings (SSSR count). The van der Waals surface area contributed by atoms with Crippen molar-refractivity contribution in [3.63, 3.8) is 0 Å². The number of rotatable bonds is 8. The largest absolute Gasteiger partial charge is 0.495 e. The molecule has 1 amide bonds. The smallest absolute Gasteiger partial charge is 0.249 e. The third-order valence-corrected chi connectivity index (χ3v) is 6.01. The average Bonchev–Trinajstić information content (AvgIpc) is 3.53. The van der Waals surface area contributed by atoms with Crippen molar-refractivity contribution < 1.29 is 14.7 Å². The lowest BCUT2D eigenvalue weighted by molar-refractivity contribution is -0.128. The van der Waals surface area contributed by atoms with Gasteiger partial charge in [0.15, 0.2) is 17.3 Å². The van der Waals surface area contributed by atoms with Crippen LogP contribution in [0.3, 0.4) is 0 Å². The van der Waals surface area contributed by atoms with Gasteiger partial charge in [0.25, 0.3) is 0 Å². The number of fused-ring (bicyclic) bond motifs is 3. The van der Waals surface area contributed by atoms with E-state index in [-0.39, 0.29) is 6.42 Å². The van der Waals surface area contributed by atoms with Gasteiger partial charge < -0.3 is 10.1 Å². The highest BCUT2D eigenvalue weighted by atomic mass is 35.5. The Morgan fingerprint density at radius 1 is 1.19 bits per heavy atom. The molecule has 0 bridgehead atoms. The van der Waals surface area contributed by atoms with Crippen LogP contribution in [0.5, 0.6) is 5.75 Å². The van der Waals surface area contributed by atoms with Crippen molar-refractivity contribution >= 4 is 45.1 Å². The molecule has 0 saturated carbocycles. The van der Waals surface area contributed by atoms with Crippen LogP contribution in [0.2, 0.25) is 5.02 Å². The first-order chi connectivity index (χ1) is 17.5. The van der Waals surface area contributed by atoms with E-state index >= 15 is 0 Å². The highest BCUT2D eigenvalue weighted by molar-refractivity contribution is 6.32. The third kappa shape index (κ3) is 4.27. The SMILES string of the molecule is CCn1ncc2c3c(NCc4ccc(OC)c(Cl)c4)nnc(-n4cnc(CC(=O)NO)c4)c3cnc21. The third-order valence-electron chi connectivity index (χ3n) is 5.71. The molecule has 13 heteroatoms. The van der Waals surface area contributed by atoms with Crippen molar-refractivity contribution in [3.8, 4) is 11.6 Å². The van der Waals surface area contributed by atoms with Crippen LogP contribution in [0.15, 0.2) is 43.1 Å². The fourth-order valence-corrected chi connectivity index (χ4v) is 4.26. The number of carbonyl (C=O) groups excluding carboxylic acids is 1. The minimum atomic E-state index is -0.565. The number of halogens is 1. The van der Waals surface area contributed by atoms with Gasteiger partial charge in [-0.1, -0.05) is 17.7 Å². The molecule has 5 aromatic rings. The number of methoxy groups -OCH3 is 1. The number of pyridine rings is 1. The number of carbonyl (C=O) groups is 1. The Kier molecular flexibility index (Phi) is 6.36. The van der Waals surface area contributed by atoms with Gasteiger partial charge >= 0.3 is 0 Å². The summed E-state index contributed by atoms with van der Waals surface area (Å²) in [7, 11) is 1.57. The van der Waals surface area contributed by atoms with E-state index < -0.39 is 5.91 Å². The molecule has 36 heavy (non-hydrogen) atoms. The van der Waals surface area contributed by atoms with Crippen LogP contribution in [0.1, 0.15) is 18.2 Å². The molecule has 1 aromatic carbocycles. The summed E-state index contributed by atoms with van der Waals surface area (Å²) in [5.74, 6) is 1.09. The number of hydrogen-bond acceptors (Lipinski definition) is 9. The molecule has 0 saturated heterocycles. The van der Waals surface area contributed by atoms with Crippen molar-refractivity contribution in [2.45, 2.75) is 26.4 Å². The number of nitrogens with zero attached hydrogens (tertiary/aromatic N) is 7. The monoisotopic (exact) mass is 507 g/mol. The van der Waals surface area contributed by atoms with Gasteiger partial charge in [0.1, 0.15) is 12.1 Å². The highest BCUT2D eigenvalue weighted by Crippen LogP contribution is 2.32. The number of benzene rings is 1. The Morgan fingerprint density at radius 3 is 2.81 bits per heavy atom. The minimum absolute atomic E-state index is 0.0787. The number of hydroxylamine groups is 1. The summed E-state index contributed by atoms with van der Waals surface area (Å²) in [5.41, 5.74) is 3.73. The molecule has 0 aliphatic rings. The molecule has 0 fully saturated rings. The lowest BCUT2D eigenvalue weighted by Gasteiger charge is -2.13. The number of imidazole rings is 1. The van der Waals surface area contributed by atoms with Crippen LogP contribution in [0.25, 0.3) is 27.6 Å². The van der Waals surface area contributed by atoms with E-state index in [1.54, 1.807) is 35.7 Å². The molecule has 0 atom stereocenters. The molecule has 12 nitrogen and oxygen atoms in total. The summed E-state index contributed by atoms with van der Waals surface area (Å²) < 4.78 is 8.71. The maximum atomic E-state index is 11.5. The summed E-state index contributed by atoms with van der Waals surface area (Å²) in [6.45, 7) is 3.11. The maximum Gasteiger partial charge on any atom is 0.249 e. The lowest BCUT2D eigenvalue weighted by atomic mass is 10.1. The van der Waals surface area contributed by atoms with Gasteiger partial charge in [0, 0.05) is 36.3 Å².